The van der Waals surface area contributed by atoms with Crippen LogP contribution in [-0.4, -0.2) is 40.9 Å². The molecule has 0 bridgehead atoms. The molecule has 2 N–H and O–H groups in total. The van der Waals surface area contributed by atoms with Crippen LogP contribution in [0.25, 0.3) is 5.69 Å². The van der Waals surface area contributed by atoms with Crippen LogP contribution in [0.1, 0.15) is 35.8 Å². The second-order valence-electron chi connectivity index (χ2n) is 5.96. The summed E-state index contributed by atoms with van der Waals surface area (Å²) in [5.41, 5.74) is 2.60. The number of hydrogen-bond donors (Lipinski definition) is 2. The average Bonchev–Trinajstić information content (AvgIpc) is 3.25. The van der Waals surface area contributed by atoms with Crippen molar-refractivity contribution in [1.29, 1.82) is 0 Å². The van der Waals surface area contributed by atoms with Crippen molar-refractivity contribution in [3.8, 4) is 5.69 Å². The number of benzene rings is 1. The number of aromatic nitrogens is 2. The van der Waals surface area contributed by atoms with Gasteiger partial charge in [-0.1, -0.05) is 6.07 Å². The Morgan fingerprint density at radius 3 is 3.00 bits per heavy atom. The van der Waals surface area contributed by atoms with Gasteiger partial charge in [0.25, 0.3) is 0 Å². The van der Waals surface area contributed by atoms with Gasteiger partial charge < -0.3 is 15.4 Å². The Kier molecular flexibility index (Phi) is 5.14. The third kappa shape index (κ3) is 3.71. The summed E-state index contributed by atoms with van der Waals surface area (Å²) in [7, 11) is 0. The molecule has 2 heterocycles. The molecule has 7 heteroatoms. The number of hydrogen-bond acceptors (Lipinski definition) is 5. The van der Waals surface area contributed by atoms with E-state index in [-0.39, 0.29) is 17.9 Å². The Morgan fingerprint density at radius 1 is 1.44 bits per heavy atom. The van der Waals surface area contributed by atoms with Crippen LogP contribution in [0.15, 0.2) is 30.5 Å². The topological polar surface area (TPSA) is 85.2 Å². The number of esters is 1. The molecule has 1 aromatic heterocycles. The van der Waals surface area contributed by atoms with Crippen molar-refractivity contribution in [2.75, 3.05) is 18.5 Å². The van der Waals surface area contributed by atoms with Gasteiger partial charge in [0, 0.05) is 5.69 Å². The molecule has 25 heavy (non-hydrogen) atoms. The molecule has 0 saturated carbocycles. The number of amides is 1. The fourth-order valence-corrected chi connectivity index (χ4v) is 2.93. The summed E-state index contributed by atoms with van der Waals surface area (Å²) in [5.74, 6) is -0.415. The van der Waals surface area contributed by atoms with Gasteiger partial charge in [0.2, 0.25) is 5.91 Å². The minimum atomic E-state index is -0.386. The highest BCUT2D eigenvalue weighted by molar-refractivity contribution is 5.95. The van der Waals surface area contributed by atoms with Crippen molar-refractivity contribution in [3.63, 3.8) is 0 Å². The van der Waals surface area contributed by atoms with Gasteiger partial charge in [0.05, 0.1) is 30.2 Å². The fourth-order valence-electron chi connectivity index (χ4n) is 2.93. The van der Waals surface area contributed by atoms with Crippen molar-refractivity contribution >= 4 is 17.6 Å². The van der Waals surface area contributed by atoms with E-state index in [0.29, 0.717) is 23.6 Å². The first-order valence-electron chi connectivity index (χ1n) is 8.46. The lowest BCUT2D eigenvalue weighted by atomic mass is 10.2. The zero-order chi connectivity index (χ0) is 17.8. The molecular weight excluding hydrogens is 320 g/mol. The van der Waals surface area contributed by atoms with Crippen LogP contribution in [0.5, 0.6) is 0 Å². The maximum absolute atomic E-state index is 12.2. The molecule has 3 rings (SSSR count). The highest BCUT2D eigenvalue weighted by Gasteiger charge is 2.22. The van der Waals surface area contributed by atoms with Gasteiger partial charge in [-0.3, -0.25) is 4.79 Å². The predicted molar refractivity (Wildman–Crippen MR) is 93.9 cm³/mol. The van der Waals surface area contributed by atoms with Gasteiger partial charge in [-0.25, -0.2) is 9.48 Å². The predicted octanol–water partition coefficient (Wildman–Crippen LogP) is 2.05. The Bertz CT molecular complexity index is 778. The van der Waals surface area contributed by atoms with Crippen LogP contribution in [0.3, 0.4) is 0 Å². The van der Waals surface area contributed by atoms with Crippen LogP contribution in [0.2, 0.25) is 0 Å². The molecule has 1 aliphatic rings. The first-order chi connectivity index (χ1) is 12.1. The van der Waals surface area contributed by atoms with Gasteiger partial charge in [0.15, 0.2) is 0 Å². The second-order valence-corrected chi connectivity index (χ2v) is 5.96. The molecule has 1 unspecified atom stereocenters. The number of nitrogens with one attached hydrogen (secondary N) is 2. The third-order valence-electron chi connectivity index (χ3n) is 4.24. The summed E-state index contributed by atoms with van der Waals surface area (Å²) in [6, 6.07) is 7.25. The lowest BCUT2D eigenvalue weighted by Crippen LogP contribution is -2.35. The number of anilines is 1. The van der Waals surface area contributed by atoms with E-state index in [4.69, 9.17) is 4.74 Å². The summed E-state index contributed by atoms with van der Waals surface area (Å²) in [6.45, 7) is 4.78. The summed E-state index contributed by atoms with van der Waals surface area (Å²) < 4.78 is 6.70. The Hall–Kier alpha value is -2.67. The highest BCUT2D eigenvalue weighted by atomic mass is 16.5. The minimum Gasteiger partial charge on any atom is -0.462 e. The lowest BCUT2D eigenvalue weighted by Gasteiger charge is -2.12. The average molecular weight is 342 g/mol. The Labute approximate surface area is 146 Å². The molecule has 1 aliphatic heterocycles. The monoisotopic (exact) mass is 342 g/mol. The summed E-state index contributed by atoms with van der Waals surface area (Å²) in [4.78, 5) is 24.2. The first-order valence-corrected chi connectivity index (χ1v) is 8.46. The summed E-state index contributed by atoms with van der Waals surface area (Å²) >= 11 is 0. The number of nitrogens with zero attached hydrogens (tertiary/aromatic N) is 2. The van der Waals surface area contributed by atoms with Gasteiger partial charge in [0.1, 0.15) is 5.56 Å². The van der Waals surface area contributed by atoms with Gasteiger partial charge in [-0.05, 0) is 51.4 Å². The molecule has 7 nitrogen and oxygen atoms in total. The second kappa shape index (κ2) is 7.48. The minimum absolute atomic E-state index is 0.0287. The van der Waals surface area contributed by atoms with Crippen LogP contribution in [-0.2, 0) is 9.53 Å². The molecule has 1 saturated heterocycles. The van der Waals surface area contributed by atoms with E-state index in [1.807, 2.05) is 31.2 Å². The number of rotatable bonds is 5. The number of ether oxygens (including phenoxy) is 1. The van der Waals surface area contributed by atoms with E-state index in [1.165, 1.54) is 6.20 Å². The summed E-state index contributed by atoms with van der Waals surface area (Å²) in [6.07, 6.45) is 3.37. The van der Waals surface area contributed by atoms with E-state index in [0.717, 1.165) is 25.1 Å². The molecule has 1 amide bonds. The maximum atomic E-state index is 12.2. The Balaban J connectivity index is 1.79. The van der Waals surface area contributed by atoms with Crippen molar-refractivity contribution < 1.29 is 14.3 Å². The normalized spacial score (nSPS) is 16.6. The molecule has 132 valence electrons. The zero-order valence-electron chi connectivity index (χ0n) is 14.4. The van der Waals surface area contributed by atoms with E-state index in [9.17, 15) is 9.59 Å². The Morgan fingerprint density at radius 2 is 2.28 bits per heavy atom. The molecule has 0 radical (unpaired) electrons. The fraction of sp³-hybridized carbons (Fsp3) is 0.389. The van der Waals surface area contributed by atoms with Gasteiger partial charge >= 0.3 is 5.97 Å². The van der Waals surface area contributed by atoms with Crippen LogP contribution >= 0.6 is 0 Å². The van der Waals surface area contributed by atoms with E-state index in [2.05, 4.69) is 15.7 Å². The van der Waals surface area contributed by atoms with Gasteiger partial charge in [-0.2, -0.15) is 5.10 Å². The van der Waals surface area contributed by atoms with Crippen molar-refractivity contribution in [3.05, 3.63) is 41.7 Å². The van der Waals surface area contributed by atoms with E-state index < -0.39 is 0 Å². The first kappa shape index (κ1) is 17.2. The van der Waals surface area contributed by atoms with Crippen molar-refractivity contribution in [2.24, 2.45) is 0 Å². The molecule has 1 atom stereocenters. The molecule has 2 aromatic rings. The van der Waals surface area contributed by atoms with E-state index in [1.54, 1.807) is 11.6 Å². The third-order valence-corrected chi connectivity index (χ3v) is 4.24. The number of carbonyl (C=O) groups excluding carboxylic acids is 2. The smallest absolute Gasteiger partial charge is 0.341 e. The molecule has 1 aromatic carbocycles. The van der Waals surface area contributed by atoms with Crippen molar-refractivity contribution in [1.82, 2.24) is 15.1 Å². The van der Waals surface area contributed by atoms with E-state index >= 15 is 0 Å². The van der Waals surface area contributed by atoms with Crippen LogP contribution < -0.4 is 10.6 Å². The van der Waals surface area contributed by atoms with Crippen molar-refractivity contribution in [2.45, 2.75) is 32.7 Å². The number of carbonyl (C=O) groups is 2. The molecule has 0 aliphatic carbocycles. The molecular formula is C18H22N4O3. The SMILES string of the molecule is CCOC(=O)c1cnn(-c2cccc(NC(=O)C3CCCN3)c2)c1C. The van der Waals surface area contributed by atoms with Gasteiger partial charge in [-0.15, -0.1) is 0 Å². The lowest BCUT2D eigenvalue weighted by molar-refractivity contribution is -0.117. The quantitative estimate of drug-likeness (QED) is 0.812. The highest BCUT2D eigenvalue weighted by Crippen LogP contribution is 2.19. The van der Waals surface area contributed by atoms with Crippen LogP contribution in [0, 0.1) is 6.92 Å². The summed E-state index contributed by atoms with van der Waals surface area (Å²) in [5, 5.41) is 10.4. The molecule has 1 fully saturated rings. The molecule has 0 spiro atoms. The maximum Gasteiger partial charge on any atom is 0.341 e. The standard InChI is InChI=1S/C18H22N4O3/c1-3-25-18(24)15-11-20-22(12(15)2)14-7-4-6-13(10-14)21-17(23)16-8-5-9-19-16/h4,6-7,10-11,16,19H,3,5,8-9H2,1-2H3,(H,21,23). The largest absolute Gasteiger partial charge is 0.462 e. The zero-order valence-corrected chi connectivity index (χ0v) is 14.4. The van der Waals surface area contributed by atoms with Crippen LogP contribution in [0.4, 0.5) is 5.69 Å².